The normalized spacial score (nSPS) is 10.1. The zero-order chi connectivity index (χ0) is 9.84. The topological polar surface area (TPSA) is 26.3 Å². The molecular formula is C9H8Cl2O2. The number of ketones is 1. The third kappa shape index (κ3) is 2.69. The number of hydrogen-bond donors (Lipinski definition) is 0. The number of carbonyl (C=O) groups is 1. The fourth-order valence-electron chi connectivity index (χ4n) is 0.920. The maximum absolute atomic E-state index is 11.3. The van der Waals surface area contributed by atoms with Crippen LogP contribution in [0.4, 0.5) is 0 Å². The van der Waals surface area contributed by atoms with Crippen molar-refractivity contribution in [2.75, 3.05) is 13.7 Å². The molecule has 70 valence electrons. The van der Waals surface area contributed by atoms with E-state index in [-0.39, 0.29) is 12.4 Å². The van der Waals surface area contributed by atoms with Crippen LogP contribution in [0.1, 0.15) is 10.4 Å². The minimum Gasteiger partial charge on any atom is -0.377 e. The third-order valence-corrected chi connectivity index (χ3v) is 2.07. The maximum Gasteiger partial charge on any atom is 0.189 e. The monoisotopic (exact) mass is 218 g/mol. The Kier molecular flexibility index (Phi) is 3.72. The smallest absolute Gasteiger partial charge is 0.189 e. The fraction of sp³-hybridized carbons (Fsp3) is 0.222. The largest absolute Gasteiger partial charge is 0.377 e. The first-order valence-electron chi connectivity index (χ1n) is 3.62. The summed E-state index contributed by atoms with van der Waals surface area (Å²) in [5.74, 6) is -0.171. The molecule has 0 aromatic heterocycles. The van der Waals surface area contributed by atoms with Gasteiger partial charge in [0.05, 0.1) is 5.02 Å². The maximum atomic E-state index is 11.3. The molecule has 2 nitrogen and oxygen atoms in total. The molecule has 4 heteroatoms. The average molecular weight is 219 g/mol. The second kappa shape index (κ2) is 4.61. The minimum absolute atomic E-state index is 0.0140. The van der Waals surface area contributed by atoms with E-state index in [2.05, 4.69) is 0 Å². The van der Waals surface area contributed by atoms with Crippen LogP contribution in [-0.4, -0.2) is 19.5 Å². The molecule has 0 atom stereocenters. The van der Waals surface area contributed by atoms with Crippen molar-refractivity contribution in [3.8, 4) is 0 Å². The van der Waals surface area contributed by atoms with Crippen LogP contribution >= 0.6 is 23.2 Å². The lowest BCUT2D eigenvalue weighted by Gasteiger charge is -2.02. The molecule has 13 heavy (non-hydrogen) atoms. The number of benzene rings is 1. The van der Waals surface area contributed by atoms with E-state index >= 15 is 0 Å². The number of ether oxygens (including phenoxy) is 1. The van der Waals surface area contributed by atoms with Crippen molar-refractivity contribution < 1.29 is 9.53 Å². The standard InChI is InChI=1S/C9H8Cl2O2/c1-13-5-9(12)7-4-6(10)2-3-8(7)11/h2-4H,5H2,1H3. The summed E-state index contributed by atoms with van der Waals surface area (Å²) in [5.41, 5.74) is 0.399. The Morgan fingerprint density at radius 3 is 2.77 bits per heavy atom. The second-order valence-electron chi connectivity index (χ2n) is 2.48. The van der Waals surface area contributed by atoms with Gasteiger partial charge in [-0.25, -0.2) is 0 Å². The molecule has 0 fully saturated rings. The molecule has 0 aliphatic rings. The minimum atomic E-state index is -0.171. The Labute approximate surface area is 86.4 Å². The van der Waals surface area contributed by atoms with Gasteiger partial charge in [-0.05, 0) is 18.2 Å². The highest BCUT2D eigenvalue weighted by Gasteiger charge is 2.09. The molecule has 1 rings (SSSR count). The summed E-state index contributed by atoms with van der Waals surface area (Å²) in [6.45, 7) is 0.0140. The van der Waals surface area contributed by atoms with E-state index in [1.165, 1.54) is 13.2 Å². The number of halogens is 2. The Morgan fingerprint density at radius 1 is 1.46 bits per heavy atom. The van der Waals surface area contributed by atoms with E-state index in [4.69, 9.17) is 27.9 Å². The summed E-state index contributed by atoms with van der Waals surface area (Å²) in [6, 6.07) is 4.76. The Hall–Kier alpha value is -0.570. The lowest BCUT2D eigenvalue weighted by atomic mass is 10.1. The summed E-state index contributed by atoms with van der Waals surface area (Å²) in [5, 5.41) is 0.885. The molecule has 0 amide bonds. The number of rotatable bonds is 3. The quantitative estimate of drug-likeness (QED) is 0.730. The SMILES string of the molecule is COCC(=O)c1cc(Cl)ccc1Cl. The van der Waals surface area contributed by atoms with Crippen LogP contribution in [0, 0.1) is 0 Å². The predicted octanol–water partition coefficient (Wildman–Crippen LogP) is 2.82. The fourth-order valence-corrected chi connectivity index (χ4v) is 1.32. The second-order valence-corrected chi connectivity index (χ2v) is 3.32. The first-order valence-corrected chi connectivity index (χ1v) is 4.38. The van der Waals surface area contributed by atoms with Crippen LogP contribution in [0.15, 0.2) is 18.2 Å². The van der Waals surface area contributed by atoms with Gasteiger partial charge in [-0.1, -0.05) is 23.2 Å². The van der Waals surface area contributed by atoms with Crippen LogP contribution in [0.25, 0.3) is 0 Å². The molecule has 0 heterocycles. The van der Waals surface area contributed by atoms with Crippen LogP contribution in [0.2, 0.25) is 10.0 Å². The number of carbonyl (C=O) groups excluding carboxylic acids is 1. The molecule has 0 spiro atoms. The van der Waals surface area contributed by atoms with Crippen molar-refractivity contribution in [1.29, 1.82) is 0 Å². The van der Waals surface area contributed by atoms with Gasteiger partial charge in [0, 0.05) is 17.7 Å². The van der Waals surface area contributed by atoms with E-state index < -0.39 is 0 Å². The summed E-state index contributed by atoms with van der Waals surface area (Å²) in [4.78, 5) is 11.3. The first kappa shape index (κ1) is 10.5. The van der Waals surface area contributed by atoms with E-state index in [1.807, 2.05) is 0 Å². The molecule has 0 aliphatic carbocycles. The Morgan fingerprint density at radius 2 is 2.15 bits per heavy atom. The van der Waals surface area contributed by atoms with Crippen LogP contribution in [0.3, 0.4) is 0 Å². The molecule has 0 saturated carbocycles. The van der Waals surface area contributed by atoms with E-state index in [0.29, 0.717) is 15.6 Å². The van der Waals surface area contributed by atoms with Crippen molar-refractivity contribution in [3.05, 3.63) is 33.8 Å². The van der Waals surface area contributed by atoms with Gasteiger partial charge >= 0.3 is 0 Å². The summed E-state index contributed by atoms with van der Waals surface area (Å²) in [6.07, 6.45) is 0. The Bertz CT molecular complexity index is 323. The number of Topliss-reactive ketones (excluding diaryl/α,β-unsaturated/α-hetero) is 1. The molecule has 0 unspecified atom stereocenters. The van der Waals surface area contributed by atoms with Crippen molar-refractivity contribution in [3.63, 3.8) is 0 Å². The molecule has 1 aromatic carbocycles. The summed E-state index contributed by atoms with van der Waals surface area (Å²) in [7, 11) is 1.45. The van der Waals surface area contributed by atoms with Gasteiger partial charge in [0.1, 0.15) is 6.61 Å². The van der Waals surface area contributed by atoms with Crippen molar-refractivity contribution in [2.45, 2.75) is 0 Å². The van der Waals surface area contributed by atoms with E-state index in [9.17, 15) is 4.79 Å². The van der Waals surface area contributed by atoms with Gasteiger partial charge in [0.25, 0.3) is 0 Å². The molecular weight excluding hydrogens is 211 g/mol. The number of methoxy groups -OCH3 is 1. The Balaban J connectivity index is 2.99. The van der Waals surface area contributed by atoms with Gasteiger partial charge in [0.15, 0.2) is 5.78 Å². The van der Waals surface area contributed by atoms with Gasteiger partial charge in [-0.15, -0.1) is 0 Å². The third-order valence-electron chi connectivity index (χ3n) is 1.50. The van der Waals surface area contributed by atoms with E-state index in [0.717, 1.165) is 0 Å². The number of hydrogen-bond acceptors (Lipinski definition) is 2. The summed E-state index contributed by atoms with van der Waals surface area (Å²) < 4.78 is 4.70. The van der Waals surface area contributed by atoms with Gasteiger partial charge in [0.2, 0.25) is 0 Å². The lowest BCUT2D eigenvalue weighted by molar-refractivity contribution is 0.0848. The van der Waals surface area contributed by atoms with Crippen LogP contribution < -0.4 is 0 Å². The highest BCUT2D eigenvalue weighted by molar-refractivity contribution is 6.35. The van der Waals surface area contributed by atoms with Crippen molar-refractivity contribution in [2.24, 2.45) is 0 Å². The first-order chi connectivity index (χ1) is 6.15. The average Bonchev–Trinajstić information content (AvgIpc) is 2.09. The van der Waals surface area contributed by atoms with Crippen molar-refractivity contribution in [1.82, 2.24) is 0 Å². The highest BCUT2D eigenvalue weighted by atomic mass is 35.5. The van der Waals surface area contributed by atoms with Crippen LogP contribution in [-0.2, 0) is 4.74 Å². The zero-order valence-electron chi connectivity index (χ0n) is 7.01. The van der Waals surface area contributed by atoms with Gasteiger partial charge in [-0.2, -0.15) is 0 Å². The molecule has 0 radical (unpaired) electrons. The zero-order valence-corrected chi connectivity index (χ0v) is 8.52. The summed E-state index contributed by atoms with van der Waals surface area (Å²) >= 11 is 11.5. The predicted molar refractivity (Wildman–Crippen MR) is 52.7 cm³/mol. The van der Waals surface area contributed by atoms with Gasteiger partial charge < -0.3 is 4.74 Å². The molecule has 0 saturated heterocycles. The van der Waals surface area contributed by atoms with Gasteiger partial charge in [-0.3, -0.25) is 4.79 Å². The van der Waals surface area contributed by atoms with E-state index in [1.54, 1.807) is 12.1 Å². The molecule has 0 bridgehead atoms. The lowest BCUT2D eigenvalue weighted by Crippen LogP contribution is -2.07. The molecule has 1 aromatic rings. The molecule has 0 N–H and O–H groups in total. The van der Waals surface area contributed by atoms with Crippen molar-refractivity contribution >= 4 is 29.0 Å². The highest BCUT2D eigenvalue weighted by Crippen LogP contribution is 2.20. The molecule has 0 aliphatic heterocycles. The van der Waals surface area contributed by atoms with Crippen LogP contribution in [0.5, 0.6) is 0 Å².